The molecule has 24 heavy (non-hydrogen) atoms. The van der Waals surface area contributed by atoms with Crippen molar-refractivity contribution >= 4 is 27.1 Å². The van der Waals surface area contributed by atoms with E-state index in [-0.39, 0.29) is 5.75 Å². The lowest BCUT2D eigenvalue weighted by Gasteiger charge is -2.07. The van der Waals surface area contributed by atoms with Crippen LogP contribution in [0, 0.1) is 0 Å². The summed E-state index contributed by atoms with van der Waals surface area (Å²) >= 11 is 0. The van der Waals surface area contributed by atoms with Crippen LogP contribution >= 0.6 is 0 Å². The van der Waals surface area contributed by atoms with Crippen molar-refractivity contribution in [3.05, 3.63) is 54.4 Å². The molecule has 0 atom stereocenters. The van der Waals surface area contributed by atoms with Crippen molar-refractivity contribution in [3.8, 4) is 17.2 Å². The number of methoxy groups -OCH3 is 1. The van der Waals surface area contributed by atoms with E-state index in [0.717, 1.165) is 40.5 Å². The molecule has 5 rings (SSSR count). The number of ether oxygens (including phenoxy) is 2. The summed E-state index contributed by atoms with van der Waals surface area (Å²) in [6.07, 6.45) is 5.02. The molecule has 4 nitrogen and oxygen atoms in total. The number of nitrogens with zero attached hydrogens (tertiary/aromatic N) is 1. The molecule has 4 heteroatoms. The Balaban J connectivity index is 1.91. The number of rotatable bonds is 1. The zero-order valence-corrected chi connectivity index (χ0v) is 13.2. The van der Waals surface area contributed by atoms with Crippen LogP contribution in [0.15, 0.2) is 48.8 Å². The first kappa shape index (κ1) is 13.4. The molecule has 0 unspecified atom stereocenters. The van der Waals surface area contributed by atoms with Crippen LogP contribution in [0.5, 0.6) is 17.2 Å². The standard InChI is InChI=1S/C20H15NO3/c1-23-20-16-11-21-6-4-13-8-14-5-7-24-19(14)10-15(13)17(21)9-12(16)2-3-18(20)22/h2-4,6,8-11H,5,7H2,1H3/p+1. The number of pyridine rings is 2. The van der Waals surface area contributed by atoms with Crippen molar-refractivity contribution < 1.29 is 19.0 Å². The molecule has 1 N–H and O–H groups in total. The van der Waals surface area contributed by atoms with E-state index in [9.17, 15) is 5.11 Å². The number of hydrogen-bond acceptors (Lipinski definition) is 3. The highest BCUT2D eigenvalue weighted by Crippen LogP contribution is 2.36. The molecule has 0 amide bonds. The SMILES string of the molecule is COc1c(O)ccc2cc3c4cc5c(cc4cc[n+]3cc12)CCO5. The molecule has 2 aromatic carbocycles. The Kier molecular flexibility index (Phi) is 2.65. The van der Waals surface area contributed by atoms with Gasteiger partial charge in [-0.2, -0.15) is 4.40 Å². The lowest BCUT2D eigenvalue weighted by molar-refractivity contribution is -0.509. The highest BCUT2D eigenvalue weighted by Gasteiger charge is 2.18. The maximum absolute atomic E-state index is 10.0. The van der Waals surface area contributed by atoms with Crippen LogP contribution in [0.2, 0.25) is 0 Å². The number of phenolic OH excluding ortho intramolecular Hbond substituents is 1. The van der Waals surface area contributed by atoms with E-state index in [2.05, 4.69) is 28.7 Å². The third-order valence-corrected chi connectivity index (χ3v) is 4.80. The molecule has 118 valence electrons. The molecule has 0 spiro atoms. The summed E-state index contributed by atoms with van der Waals surface area (Å²) in [6, 6.07) is 12.2. The van der Waals surface area contributed by atoms with E-state index in [1.807, 2.05) is 18.5 Å². The minimum atomic E-state index is 0.150. The molecule has 0 radical (unpaired) electrons. The fourth-order valence-electron chi connectivity index (χ4n) is 3.61. The van der Waals surface area contributed by atoms with E-state index in [1.54, 1.807) is 13.2 Å². The van der Waals surface area contributed by atoms with Gasteiger partial charge in [-0.25, -0.2) is 0 Å². The van der Waals surface area contributed by atoms with E-state index in [1.165, 1.54) is 10.9 Å². The van der Waals surface area contributed by atoms with E-state index in [4.69, 9.17) is 9.47 Å². The topological polar surface area (TPSA) is 42.8 Å². The van der Waals surface area contributed by atoms with E-state index >= 15 is 0 Å². The molecule has 0 aliphatic carbocycles. The summed E-state index contributed by atoms with van der Waals surface area (Å²) < 4.78 is 13.2. The zero-order valence-electron chi connectivity index (χ0n) is 13.2. The van der Waals surface area contributed by atoms with Gasteiger partial charge in [0.15, 0.2) is 23.9 Å². The van der Waals surface area contributed by atoms with Crippen LogP contribution in [0.3, 0.4) is 0 Å². The Hall–Kier alpha value is -3.01. The molecule has 1 aliphatic rings. The normalized spacial score (nSPS) is 13.4. The monoisotopic (exact) mass is 318 g/mol. The molecule has 4 aromatic rings. The lowest BCUT2D eigenvalue weighted by atomic mass is 10.0. The number of fused-ring (bicyclic) bond motifs is 5. The van der Waals surface area contributed by atoms with Crippen molar-refractivity contribution in [3.63, 3.8) is 0 Å². The fourth-order valence-corrected chi connectivity index (χ4v) is 3.61. The Morgan fingerprint density at radius 3 is 2.83 bits per heavy atom. The maximum atomic E-state index is 10.0. The maximum Gasteiger partial charge on any atom is 0.219 e. The van der Waals surface area contributed by atoms with Crippen molar-refractivity contribution in [1.82, 2.24) is 0 Å². The summed E-state index contributed by atoms with van der Waals surface area (Å²) in [6.45, 7) is 0.760. The molecule has 3 heterocycles. The summed E-state index contributed by atoms with van der Waals surface area (Å²) in [4.78, 5) is 0. The first-order valence-corrected chi connectivity index (χ1v) is 7.98. The van der Waals surface area contributed by atoms with Crippen molar-refractivity contribution in [1.29, 1.82) is 0 Å². The van der Waals surface area contributed by atoms with Gasteiger partial charge in [0.25, 0.3) is 0 Å². The Morgan fingerprint density at radius 1 is 1.08 bits per heavy atom. The van der Waals surface area contributed by atoms with Crippen LogP contribution in [0.1, 0.15) is 5.56 Å². The highest BCUT2D eigenvalue weighted by atomic mass is 16.5. The number of phenols is 1. The van der Waals surface area contributed by atoms with Gasteiger partial charge in [-0.3, -0.25) is 0 Å². The second-order valence-electron chi connectivity index (χ2n) is 6.15. The van der Waals surface area contributed by atoms with E-state index < -0.39 is 0 Å². The average Bonchev–Trinajstić information content (AvgIpc) is 3.05. The summed E-state index contributed by atoms with van der Waals surface area (Å²) in [5.41, 5.74) is 2.38. The first-order chi connectivity index (χ1) is 11.7. The fraction of sp³-hybridized carbons (Fsp3) is 0.150. The van der Waals surface area contributed by atoms with Crippen molar-refractivity contribution in [2.24, 2.45) is 0 Å². The number of aromatic hydroxyl groups is 1. The minimum Gasteiger partial charge on any atom is -0.504 e. The zero-order chi connectivity index (χ0) is 16.3. The van der Waals surface area contributed by atoms with Gasteiger partial charge in [-0.15, -0.1) is 0 Å². The number of benzene rings is 2. The second-order valence-corrected chi connectivity index (χ2v) is 6.15. The van der Waals surface area contributed by atoms with Crippen LogP contribution in [0.4, 0.5) is 0 Å². The minimum absolute atomic E-state index is 0.150. The van der Waals surface area contributed by atoms with Crippen LogP contribution < -0.4 is 13.9 Å². The largest absolute Gasteiger partial charge is 0.504 e. The number of hydrogen-bond donors (Lipinski definition) is 1. The molecule has 0 saturated heterocycles. The van der Waals surface area contributed by atoms with Crippen LogP contribution in [-0.4, -0.2) is 18.8 Å². The van der Waals surface area contributed by atoms with Gasteiger partial charge in [0.2, 0.25) is 5.52 Å². The molecule has 0 saturated carbocycles. The highest BCUT2D eigenvalue weighted by molar-refractivity contribution is 6.00. The van der Waals surface area contributed by atoms with Gasteiger partial charge in [0.1, 0.15) is 5.75 Å². The predicted molar refractivity (Wildman–Crippen MR) is 92.0 cm³/mol. The van der Waals surface area contributed by atoms with Crippen LogP contribution in [-0.2, 0) is 6.42 Å². The third kappa shape index (κ3) is 1.77. The van der Waals surface area contributed by atoms with Gasteiger partial charge in [-0.1, -0.05) is 0 Å². The summed E-state index contributed by atoms with van der Waals surface area (Å²) in [5.74, 6) is 1.63. The first-order valence-electron chi connectivity index (χ1n) is 7.98. The van der Waals surface area contributed by atoms with Crippen molar-refractivity contribution in [2.75, 3.05) is 13.7 Å². The lowest BCUT2D eigenvalue weighted by Crippen LogP contribution is -2.20. The van der Waals surface area contributed by atoms with Gasteiger partial charge < -0.3 is 14.6 Å². The predicted octanol–water partition coefficient (Wildman–Crippen LogP) is 3.38. The van der Waals surface area contributed by atoms with E-state index in [0.29, 0.717) is 5.75 Å². The Labute approximate surface area is 138 Å². The molecular weight excluding hydrogens is 302 g/mol. The molecule has 1 aliphatic heterocycles. The number of aromatic nitrogens is 1. The molecule has 2 aromatic heterocycles. The quantitative estimate of drug-likeness (QED) is 0.332. The summed E-state index contributed by atoms with van der Waals surface area (Å²) in [7, 11) is 1.57. The van der Waals surface area contributed by atoms with Gasteiger partial charge in [0, 0.05) is 18.6 Å². The molecular formula is C20H16NO3+. The Bertz CT molecular complexity index is 1130. The van der Waals surface area contributed by atoms with Crippen LogP contribution in [0.25, 0.3) is 27.1 Å². The Morgan fingerprint density at radius 2 is 1.96 bits per heavy atom. The smallest absolute Gasteiger partial charge is 0.219 e. The third-order valence-electron chi connectivity index (χ3n) is 4.80. The molecule has 0 bridgehead atoms. The van der Waals surface area contributed by atoms with Gasteiger partial charge in [0.05, 0.1) is 24.5 Å². The average molecular weight is 318 g/mol. The van der Waals surface area contributed by atoms with Gasteiger partial charge >= 0.3 is 0 Å². The second kappa shape index (κ2) is 4.74. The molecule has 0 fully saturated rings. The van der Waals surface area contributed by atoms with Crippen molar-refractivity contribution in [2.45, 2.75) is 6.42 Å². The van der Waals surface area contributed by atoms with Gasteiger partial charge in [-0.05, 0) is 40.6 Å². The summed E-state index contributed by atoms with van der Waals surface area (Å²) in [5, 5.41) is 14.3.